The van der Waals surface area contributed by atoms with Crippen LogP contribution < -0.4 is 0 Å². The Labute approximate surface area is 360 Å². The topological polar surface area (TPSA) is 156 Å². The molecule has 0 aromatic heterocycles. The molecular formula is C45H65FO12S2. The van der Waals surface area contributed by atoms with E-state index in [9.17, 15) is 13.2 Å². The molecule has 0 saturated carbocycles. The van der Waals surface area contributed by atoms with E-state index in [4.69, 9.17) is 42.8 Å². The van der Waals surface area contributed by atoms with E-state index in [1.165, 1.54) is 23.9 Å². The number of hydrogen-bond donors (Lipinski definition) is 2. The van der Waals surface area contributed by atoms with Crippen molar-refractivity contribution in [1.29, 1.82) is 0 Å². The van der Waals surface area contributed by atoms with Crippen LogP contribution in [0.25, 0.3) is 0 Å². The number of aliphatic hydroxyl groups is 2. The Kier molecular flexibility index (Phi) is 22.9. The lowest BCUT2D eigenvalue weighted by Crippen LogP contribution is -2.53. The third-order valence-corrected chi connectivity index (χ3v) is 13.1. The molecule has 2 N–H and O–H groups in total. The van der Waals surface area contributed by atoms with E-state index in [1.54, 1.807) is 19.1 Å². The molecule has 0 unspecified atom stereocenters. The second-order valence-electron chi connectivity index (χ2n) is 15.3. The van der Waals surface area contributed by atoms with E-state index >= 15 is 0 Å². The molecule has 10 atom stereocenters. The van der Waals surface area contributed by atoms with Gasteiger partial charge in [-0.1, -0.05) is 118 Å². The lowest BCUT2D eigenvalue weighted by molar-refractivity contribution is -0.286. The number of benzene rings is 3. The third-order valence-electron chi connectivity index (χ3n) is 10.9. The number of ether oxygens (including phenoxy) is 6. The number of rotatable bonds is 20. The molecule has 2 heterocycles. The van der Waals surface area contributed by atoms with Crippen molar-refractivity contribution in [2.45, 2.75) is 109 Å². The van der Waals surface area contributed by atoms with Crippen molar-refractivity contribution in [1.82, 2.24) is 0 Å². The highest BCUT2D eigenvalue weighted by Gasteiger charge is 2.44. The van der Waals surface area contributed by atoms with Gasteiger partial charge in [0.25, 0.3) is 10.1 Å². The van der Waals surface area contributed by atoms with Gasteiger partial charge in [0, 0.05) is 25.9 Å². The van der Waals surface area contributed by atoms with E-state index in [-0.39, 0.29) is 76.5 Å². The molecule has 0 spiro atoms. The van der Waals surface area contributed by atoms with Crippen LogP contribution in [0.3, 0.4) is 0 Å². The first kappa shape index (κ1) is 51.5. The number of carbonyl (C=O) groups is 1. The molecule has 0 aliphatic carbocycles. The van der Waals surface area contributed by atoms with Gasteiger partial charge in [0.1, 0.15) is 12.2 Å². The van der Waals surface area contributed by atoms with Crippen molar-refractivity contribution < 1.29 is 60.7 Å². The molecule has 5 rings (SSSR count). The Morgan fingerprint density at radius 3 is 1.57 bits per heavy atom. The number of aryl methyl sites for hydroxylation is 1. The standard InChI is InChI=1S/C25H34O7S.C20H30O5S.FH/c1-18-10-12-22(13-11-18)33(27,28)31-17-23-19(2)20(3)24(25(32-23)29-15-7-14-26)30-16-21-8-5-4-6-9-21;1-14-15(2)19(24-12-17-8-5-4-6-9-17)20(23-11-7-10-21)25-18(14)13-26-16(3)22;/h4-6,8-13,19-20,23-26H,7,14-17H2,1-3H3;4-6,8-9,14-15,18-21H,7,10-13H2,1-3H3;1H/t19-,20-,23+,24+,25-;14-,15-,18+,19+,20-;/m00./s1. The van der Waals surface area contributed by atoms with Crippen molar-refractivity contribution in [3.63, 3.8) is 0 Å². The van der Waals surface area contributed by atoms with Crippen molar-refractivity contribution in [2.24, 2.45) is 23.7 Å². The van der Waals surface area contributed by atoms with Crippen LogP contribution in [-0.2, 0) is 60.7 Å². The van der Waals surface area contributed by atoms with E-state index in [1.807, 2.05) is 81.4 Å². The fraction of sp³-hybridized carbons (Fsp3) is 0.578. The Hall–Kier alpha value is -2.80. The highest BCUT2D eigenvalue weighted by molar-refractivity contribution is 8.13. The molecule has 0 bridgehead atoms. The normalized spacial score (nSPS) is 26.7. The summed E-state index contributed by atoms with van der Waals surface area (Å²) >= 11 is 1.29. The van der Waals surface area contributed by atoms with E-state index < -0.39 is 28.8 Å². The molecule has 3 aromatic carbocycles. The lowest BCUT2D eigenvalue weighted by Gasteiger charge is -2.44. The van der Waals surface area contributed by atoms with Crippen LogP contribution in [0, 0.1) is 30.6 Å². The zero-order valence-corrected chi connectivity index (χ0v) is 37.3. The van der Waals surface area contributed by atoms with Crippen molar-refractivity contribution in [3.05, 3.63) is 102 Å². The van der Waals surface area contributed by atoms with Gasteiger partial charge in [0.05, 0.1) is 50.1 Å². The fourth-order valence-corrected chi connectivity index (χ4v) is 8.52. The average Bonchev–Trinajstić information content (AvgIpc) is 3.23. The molecule has 12 nitrogen and oxygen atoms in total. The van der Waals surface area contributed by atoms with E-state index in [2.05, 4.69) is 13.8 Å². The predicted octanol–water partition coefficient (Wildman–Crippen LogP) is 7.08. The minimum absolute atomic E-state index is 0. The number of carbonyl (C=O) groups excluding carboxylic acids is 1. The van der Waals surface area contributed by atoms with E-state index in [0.29, 0.717) is 45.0 Å². The number of halogens is 1. The smallest absolute Gasteiger partial charge is 0.297 e. The van der Waals surface area contributed by atoms with Crippen LogP contribution in [0.4, 0.5) is 4.70 Å². The average molecular weight is 881 g/mol. The molecule has 336 valence electrons. The van der Waals surface area contributed by atoms with Crippen molar-refractivity contribution >= 4 is 27.0 Å². The Morgan fingerprint density at radius 1 is 0.667 bits per heavy atom. The van der Waals surface area contributed by atoms with Crippen molar-refractivity contribution in [3.8, 4) is 0 Å². The number of aliphatic hydroxyl groups excluding tert-OH is 2. The van der Waals surface area contributed by atoms with Gasteiger partial charge in [-0.3, -0.25) is 13.7 Å². The van der Waals surface area contributed by atoms with Gasteiger partial charge >= 0.3 is 0 Å². The zero-order chi connectivity index (χ0) is 42.8. The SMILES string of the molecule is CC(=O)SC[C@H]1O[C@H](OCCCO)[C@H](OCc2ccccc2)[C@@H](C)[C@@H]1C.Cc1ccc(S(=O)(=O)OC[C@H]2O[C@H](OCCCO)[C@H](OCc3ccccc3)[C@@H](C)[C@@H]2C)cc1.F. The molecule has 0 radical (unpaired) electrons. The maximum Gasteiger partial charge on any atom is 0.297 e. The van der Waals surface area contributed by atoms with E-state index in [0.717, 1.165) is 16.7 Å². The first-order valence-corrected chi connectivity index (χ1v) is 22.9. The first-order valence-electron chi connectivity index (χ1n) is 20.5. The van der Waals surface area contributed by atoms with Gasteiger partial charge in [0.2, 0.25) is 0 Å². The van der Waals surface area contributed by atoms with Crippen LogP contribution in [0.1, 0.15) is 64.2 Å². The number of thioether (sulfide) groups is 1. The summed E-state index contributed by atoms with van der Waals surface area (Å²) in [6.07, 6.45) is -1.24. The summed E-state index contributed by atoms with van der Waals surface area (Å²) in [6, 6.07) is 26.4. The summed E-state index contributed by atoms with van der Waals surface area (Å²) in [5.41, 5.74) is 3.12. The van der Waals surface area contributed by atoms with Gasteiger partial charge in [-0.25, -0.2) is 0 Å². The van der Waals surface area contributed by atoms with Gasteiger partial charge < -0.3 is 38.6 Å². The molecule has 3 aromatic rings. The molecule has 2 aliphatic heterocycles. The summed E-state index contributed by atoms with van der Waals surface area (Å²) in [6.45, 7) is 13.4. The summed E-state index contributed by atoms with van der Waals surface area (Å²) in [7, 11) is -3.90. The molecule has 15 heteroatoms. The number of hydrogen-bond acceptors (Lipinski definition) is 13. The maximum atomic E-state index is 12.6. The Balaban J connectivity index is 0.000000324. The van der Waals surface area contributed by atoms with Gasteiger partial charge in [-0.15, -0.1) is 0 Å². The zero-order valence-electron chi connectivity index (χ0n) is 35.6. The molecular weight excluding hydrogens is 816 g/mol. The van der Waals surface area contributed by atoms with Crippen molar-refractivity contribution in [2.75, 3.05) is 38.8 Å². The van der Waals surface area contributed by atoms with Crippen LogP contribution in [0.15, 0.2) is 89.8 Å². The molecule has 60 heavy (non-hydrogen) atoms. The molecule has 2 saturated heterocycles. The quantitative estimate of drug-likeness (QED) is 0.0878. The van der Waals surface area contributed by atoms with Crippen LogP contribution in [-0.4, -0.2) is 99.5 Å². The van der Waals surface area contributed by atoms with Gasteiger partial charge in [0.15, 0.2) is 17.7 Å². The van der Waals surface area contributed by atoms with Gasteiger partial charge in [-0.05, 0) is 66.7 Å². The first-order chi connectivity index (χ1) is 28.3. The highest BCUT2D eigenvalue weighted by Crippen LogP contribution is 2.36. The maximum absolute atomic E-state index is 12.6. The monoisotopic (exact) mass is 880 g/mol. The van der Waals surface area contributed by atoms with Crippen LogP contribution >= 0.6 is 11.8 Å². The molecule has 2 fully saturated rings. The Bertz CT molecular complexity index is 1740. The highest BCUT2D eigenvalue weighted by atomic mass is 32.2. The van der Waals surface area contributed by atoms with Crippen LogP contribution in [0.5, 0.6) is 0 Å². The second-order valence-corrected chi connectivity index (χ2v) is 18.1. The fourth-order valence-electron chi connectivity index (χ4n) is 6.82. The molecule has 0 amide bonds. The molecule has 2 aliphatic rings. The summed E-state index contributed by atoms with van der Waals surface area (Å²) in [4.78, 5) is 11.4. The van der Waals surface area contributed by atoms with Gasteiger partial charge in [-0.2, -0.15) is 8.42 Å². The lowest BCUT2D eigenvalue weighted by atomic mass is 9.83. The largest absolute Gasteiger partial charge is 0.396 e. The summed E-state index contributed by atoms with van der Waals surface area (Å²) in [5.74, 6) is 1.09. The minimum Gasteiger partial charge on any atom is -0.396 e. The minimum atomic E-state index is -3.90. The summed E-state index contributed by atoms with van der Waals surface area (Å²) in [5, 5.41) is 18.2. The predicted molar refractivity (Wildman–Crippen MR) is 229 cm³/mol. The van der Waals surface area contributed by atoms with Crippen LogP contribution in [0.2, 0.25) is 0 Å². The third kappa shape index (κ3) is 16.2. The summed E-state index contributed by atoms with van der Waals surface area (Å²) < 4.78 is 67.1. The Morgan fingerprint density at radius 2 is 1.12 bits per heavy atom. The second kappa shape index (κ2) is 26.6.